The van der Waals surface area contributed by atoms with E-state index in [2.05, 4.69) is 5.32 Å². The third-order valence-electron chi connectivity index (χ3n) is 4.39. The molecule has 1 unspecified atom stereocenters. The van der Waals surface area contributed by atoms with Crippen molar-refractivity contribution in [3.8, 4) is 5.75 Å². The number of hydrogen-bond donors (Lipinski definition) is 1. The maximum Gasteiger partial charge on any atom is 0.265 e. The summed E-state index contributed by atoms with van der Waals surface area (Å²) in [6.45, 7) is 2.68. The second-order valence-corrected chi connectivity index (χ2v) is 9.24. The van der Waals surface area contributed by atoms with Gasteiger partial charge in [0.15, 0.2) is 6.10 Å². The first-order chi connectivity index (χ1) is 13.3. The van der Waals surface area contributed by atoms with Crippen molar-refractivity contribution in [3.63, 3.8) is 0 Å². The molecule has 1 heterocycles. The minimum Gasteiger partial charge on any atom is -0.479 e. The van der Waals surface area contributed by atoms with E-state index in [0.29, 0.717) is 34.6 Å². The normalized spacial score (nSPS) is 16.0. The second kappa shape index (κ2) is 8.69. The molecular formula is C19H20Cl2N2O4S. The molecule has 3 rings (SSSR count). The van der Waals surface area contributed by atoms with Crippen LogP contribution in [0.15, 0.2) is 47.4 Å². The molecular weight excluding hydrogens is 423 g/mol. The monoisotopic (exact) mass is 442 g/mol. The van der Waals surface area contributed by atoms with E-state index in [1.165, 1.54) is 22.5 Å². The number of benzene rings is 2. The van der Waals surface area contributed by atoms with E-state index in [9.17, 15) is 13.2 Å². The van der Waals surface area contributed by atoms with Crippen LogP contribution in [0.5, 0.6) is 5.75 Å². The maximum absolute atomic E-state index is 12.5. The van der Waals surface area contributed by atoms with Crippen LogP contribution in [0.25, 0.3) is 0 Å². The van der Waals surface area contributed by atoms with Crippen LogP contribution in [0.4, 0.5) is 5.69 Å². The van der Waals surface area contributed by atoms with Crippen LogP contribution in [0.2, 0.25) is 10.0 Å². The lowest BCUT2D eigenvalue weighted by Gasteiger charge is -2.17. The summed E-state index contributed by atoms with van der Waals surface area (Å²) < 4.78 is 32.1. The number of hydrogen-bond acceptors (Lipinski definition) is 4. The van der Waals surface area contributed by atoms with Crippen LogP contribution in [0.1, 0.15) is 19.8 Å². The van der Waals surface area contributed by atoms with Crippen LogP contribution in [-0.4, -0.2) is 37.8 Å². The SMILES string of the molecule is CC(Oc1ccc(Cl)cc1Cl)C(=O)Nc1ccc(S(=O)(=O)N2CCCC2)cc1. The fraction of sp³-hybridized carbons (Fsp3) is 0.316. The maximum atomic E-state index is 12.5. The average Bonchev–Trinajstić information content (AvgIpc) is 3.20. The summed E-state index contributed by atoms with van der Waals surface area (Å²) >= 11 is 11.9. The lowest BCUT2D eigenvalue weighted by molar-refractivity contribution is -0.122. The molecule has 1 amide bonds. The van der Waals surface area contributed by atoms with E-state index in [1.807, 2.05) is 0 Å². The Morgan fingerprint density at radius 3 is 2.36 bits per heavy atom. The van der Waals surface area contributed by atoms with Crippen molar-refractivity contribution in [2.75, 3.05) is 18.4 Å². The molecule has 1 aliphatic rings. The number of amides is 1. The third kappa shape index (κ3) is 4.78. The Morgan fingerprint density at radius 1 is 1.11 bits per heavy atom. The average molecular weight is 443 g/mol. The van der Waals surface area contributed by atoms with Gasteiger partial charge in [-0.05, 0) is 62.2 Å². The predicted molar refractivity (Wildman–Crippen MR) is 110 cm³/mol. The Balaban J connectivity index is 1.63. The molecule has 0 aliphatic carbocycles. The molecule has 2 aromatic carbocycles. The van der Waals surface area contributed by atoms with Gasteiger partial charge in [-0.1, -0.05) is 23.2 Å². The topological polar surface area (TPSA) is 75.7 Å². The highest BCUT2D eigenvalue weighted by molar-refractivity contribution is 7.89. The van der Waals surface area contributed by atoms with Crippen LogP contribution >= 0.6 is 23.2 Å². The summed E-state index contributed by atoms with van der Waals surface area (Å²) in [6.07, 6.45) is 0.942. The number of nitrogens with zero attached hydrogens (tertiary/aromatic N) is 1. The molecule has 6 nitrogen and oxygen atoms in total. The van der Waals surface area contributed by atoms with Crippen molar-refractivity contribution >= 4 is 44.8 Å². The Kier molecular flexibility index (Phi) is 6.50. The zero-order chi connectivity index (χ0) is 20.3. The van der Waals surface area contributed by atoms with E-state index in [1.54, 1.807) is 31.2 Å². The highest BCUT2D eigenvalue weighted by atomic mass is 35.5. The number of halogens is 2. The zero-order valence-corrected chi connectivity index (χ0v) is 17.5. The first-order valence-electron chi connectivity index (χ1n) is 8.80. The first kappa shape index (κ1) is 20.9. The number of carbonyl (C=O) groups excluding carboxylic acids is 1. The lowest BCUT2D eigenvalue weighted by Crippen LogP contribution is -2.30. The Bertz CT molecular complexity index is 958. The molecule has 9 heteroatoms. The first-order valence-corrected chi connectivity index (χ1v) is 11.0. The summed E-state index contributed by atoms with van der Waals surface area (Å²) in [4.78, 5) is 12.6. The van der Waals surface area contributed by atoms with Gasteiger partial charge in [0, 0.05) is 23.8 Å². The molecule has 0 bridgehead atoms. The summed E-state index contributed by atoms with van der Waals surface area (Å²) in [6, 6.07) is 10.8. The van der Waals surface area contributed by atoms with Gasteiger partial charge < -0.3 is 10.1 Å². The highest BCUT2D eigenvalue weighted by Crippen LogP contribution is 2.28. The Labute approximate surface area is 174 Å². The van der Waals surface area contributed by atoms with Crippen molar-refractivity contribution < 1.29 is 17.9 Å². The second-order valence-electron chi connectivity index (χ2n) is 6.46. The molecule has 0 radical (unpaired) electrons. The molecule has 150 valence electrons. The smallest absolute Gasteiger partial charge is 0.265 e. The van der Waals surface area contributed by atoms with E-state index < -0.39 is 16.1 Å². The molecule has 2 aromatic rings. The van der Waals surface area contributed by atoms with Crippen molar-refractivity contribution in [2.24, 2.45) is 0 Å². The largest absolute Gasteiger partial charge is 0.479 e. The van der Waals surface area contributed by atoms with Crippen molar-refractivity contribution in [1.29, 1.82) is 0 Å². The van der Waals surface area contributed by atoms with Gasteiger partial charge >= 0.3 is 0 Å². The Morgan fingerprint density at radius 2 is 1.75 bits per heavy atom. The summed E-state index contributed by atoms with van der Waals surface area (Å²) in [5.41, 5.74) is 0.475. The predicted octanol–water partition coefficient (Wildman–Crippen LogP) is 4.18. The number of sulfonamides is 1. The van der Waals surface area contributed by atoms with E-state index in [-0.39, 0.29) is 10.8 Å². The molecule has 1 N–H and O–H groups in total. The minimum atomic E-state index is -3.48. The van der Waals surface area contributed by atoms with E-state index >= 15 is 0 Å². The number of ether oxygens (including phenoxy) is 1. The van der Waals surface area contributed by atoms with Gasteiger partial charge in [-0.3, -0.25) is 4.79 Å². The van der Waals surface area contributed by atoms with Crippen molar-refractivity contribution in [1.82, 2.24) is 4.31 Å². The van der Waals surface area contributed by atoms with Crippen LogP contribution in [0.3, 0.4) is 0 Å². The number of carbonyl (C=O) groups is 1. The third-order valence-corrected chi connectivity index (χ3v) is 6.83. The van der Waals surface area contributed by atoms with Gasteiger partial charge in [0.1, 0.15) is 5.75 Å². The van der Waals surface area contributed by atoms with Gasteiger partial charge in [-0.15, -0.1) is 0 Å². The van der Waals surface area contributed by atoms with Crippen LogP contribution < -0.4 is 10.1 Å². The fourth-order valence-corrected chi connectivity index (χ4v) is 4.82. The van der Waals surface area contributed by atoms with Gasteiger partial charge in [0.05, 0.1) is 9.92 Å². The minimum absolute atomic E-state index is 0.213. The Hall–Kier alpha value is -1.80. The van der Waals surface area contributed by atoms with Gasteiger partial charge in [-0.2, -0.15) is 4.31 Å². The van der Waals surface area contributed by atoms with Crippen molar-refractivity contribution in [3.05, 3.63) is 52.5 Å². The quantitative estimate of drug-likeness (QED) is 0.727. The van der Waals surface area contributed by atoms with Gasteiger partial charge in [0.2, 0.25) is 10.0 Å². The molecule has 1 aliphatic heterocycles. The van der Waals surface area contributed by atoms with Crippen LogP contribution in [0, 0.1) is 0 Å². The van der Waals surface area contributed by atoms with Gasteiger partial charge in [-0.25, -0.2) is 8.42 Å². The molecule has 1 atom stereocenters. The fourth-order valence-electron chi connectivity index (χ4n) is 2.85. The molecule has 0 spiro atoms. The summed E-state index contributed by atoms with van der Waals surface area (Å²) in [5, 5.41) is 3.48. The van der Waals surface area contributed by atoms with Crippen LogP contribution in [-0.2, 0) is 14.8 Å². The zero-order valence-electron chi connectivity index (χ0n) is 15.2. The molecule has 1 saturated heterocycles. The van der Waals surface area contributed by atoms with E-state index in [0.717, 1.165) is 12.8 Å². The molecule has 1 fully saturated rings. The molecule has 0 saturated carbocycles. The van der Waals surface area contributed by atoms with Crippen molar-refractivity contribution in [2.45, 2.75) is 30.8 Å². The molecule has 0 aromatic heterocycles. The number of anilines is 1. The standard InChI is InChI=1S/C19H20Cl2N2O4S/c1-13(27-18-9-4-14(20)12-17(18)21)19(24)22-15-5-7-16(8-6-15)28(25,26)23-10-2-3-11-23/h4-9,12-13H,2-3,10-11H2,1H3,(H,22,24). The summed E-state index contributed by atoms with van der Waals surface area (Å²) in [7, 11) is -3.48. The number of nitrogens with one attached hydrogen (secondary N) is 1. The highest BCUT2D eigenvalue weighted by Gasteiger charge is 2.27. The molecule has 28 heavy (non-hydrogen) atoms. The van der Waals surface area contributed by atoms with E-state index in [4.69, 9.17) is 27.9 Å². The summed E-state index contributed by atoms with van der Waals surface area (Å²) in [5.74, 6) is -0.0399. The lowest BCUT2D eigenvalue weighted by atomic mass is 10.3. The van der Waals surface area contributed by atoms with Gasteiger partial charge in [0.25, 0.3) is 5.91 Å². The number of rotatable bonds is 6.